The maximum atomic E-state index is 12.8. The average molecular weight is 1190 g/mol. The van der Waals surface area contributed by atoms with Crippen LogP contribution in [0.2, 0.25) is 0 Å². The van der Waals surface area contributed by atoms with E-state index in [0.29, 0.717) is 5.82 Å². The first-order chi connectivity index (χ1) is 40.7. The minimum absolute atomic E-state index is 0.0434. The van der Waals surface area contributed by atoms with E-state index in [4.69, 9.17) is 9.97 Å². The summed E-state index contributed by atoms with van der Waals surface area (Å²) in [6.07, 6.45) is 2.02. The van der Waals surface area contributed by atoms with Crippen LogP contribution in [0, 0.1) is 0 Å². The molecule has 10 rings (SSSR count). The molecular formula is C84H104N4O. The van der Waals surface area contributed by atoms with E-state index in [1.807, 2.05) is 6.20 Å². The number of aromatic hydroxyl groups is 1. The number of phenolic OH excluding ortho intramolecular Hbond substituents is 1. The summed E-state index contributed by atoms with van der Waals surface area (Å²) < 4.78 is 4.90. The Kier molecular flexibility index (Phi) is 15.6. The maximum Gasteiger partial charge on any atom is 0.149 e. The average Bonchev–Trinajstić information content (AvgIpc) is 1.61. The molecule has 0 spiro atoms. The van der Waals surface area contributed by atoms with Crippen LogP contribution in [0.1, 0.15) is 237 Å². The van der Waals surface area contributed by atoms with Crippen molar-refractivity contribution >= 4 is 32.8 Å². The van der Waals surface area contributed by atoms with Crippen molar-refractivity contribution in [3.63, 3.8) is 0 Å². The lowest BCUT2D eigenvalue weighted by atomic mass is 9.78. The van der Waals surface area contributed by atoms with E-state index in [2.05, 4.69) is 323 Å². The summed E-state index contributed by atoms with van der Waals surface area (Å²) in [5, 5.41) is 15.3. The molecule has 1 N–H and O–H groups in total. The first-order valence-electron chi connectivity index (χ1n) is 32.7. The van der Waals surface area contributed by atoms with E-state index < -0.39 is 0 Å². The van der Waals surface area contributed by atoms with Gasteiger partial charge in [0.05, 0.1) is 33.3 Å². The van der Waals surface area contributed by atoms with Crippen molar-refractivity contribution in [1.82, 2.24) is 19.1 Å². The number of rotatable bonds is 6. The molecule has 3 aromatic heterocycles. The lowest BCUT2D eigenvalue weighted by molar-refractivity contribution is 0.446. The molecule has 5 heteroatoms. The van der Waals surface area contributed by atoms with Gasteiger partial charge in [0, 0.05) is 50.6 Å². The second-order valence-electron chi connectivity index (χ2n) is 35.4. The molecule has 0 amide bonds. The molecular weight excluding hydrogens is 1080 g/mol. The van der Waals surface area contributed by atoms with Gasteiger partial charge in [-0.1, -0.05) is 229 Å². The Morgan fingerprint density at radius 3 is 1.28 bits per heavy atom. The number of benzene rings is 7. The molecule has 466 valence electrons. The zero-order valence-electron chi connectivity index (χ0n) is 59.4. The fourth-order valence-electron chi connectivity index (χ4n) is 12.5. The highest BCUT2D eigenvalue weighted by Crippen LogP contribution is 2.48. The van der Waals surface area contributed by atoms with Crippen LogP contribution in [0.5, 0.6) is 5.75 Å². The molecule has 10 aromatic rings. The van der Waals surface area contributed by atoms with Crippen LogP contribution in [0.3, 0.4) is 0 Å². The molecule has 0 bridgehead atoms. The molecule has 0 saturated carbocycles. The van der Waals surface area contributed by atoms with Gasteiger partial charge in [-0.2, -0.15) is 0 Å². The molecule has 0 atom stereocenters. The third kappa shape index (κ3) is 12.6. The van der Waals surface area contributed by atoms with Gasteiger partial charge in [-0.05, 0) is 189 Å². The van der Waals surface area contributed by atoms with Crippen molar-refractivity contribution in [3.8, 4) is 62.0 Å². The predicted octanol–water partition coefficient (Wildman–Crippen LogP) is 23.6. The van der Waals surface area contributed by atoms with Gasteiger partial charge in [0.2, 0.25) is 0 Å². The molecule has 89 heavy (non-hydrogen) atoms. The van der Waals surface area contributed by atoms with Crippen LogP contribution in [-0.2, 0) is 48.7 Å². The predicted molar refractivity (Wildman–Crippen MR) is 385 cm³/mol. The Labute approximate surface area is 535 Å². The second-order valence-corrected chi connectivity index (χ2v) is 35.4. The monoisotopic (exact) mass is 1180 g/mol. The van der Waals surface area contributed by atoms with Gasteiger partial charge in [0.1, 0.15) is 11.6 Å². The minimum Gasteiger partial charge on any atom is -0.507 e. The zero-order chi connectivity index (χ0) is 65.6. The molecule has 0 saturated heterocycles. The molecule has 0 unspecified atom stereocenters. The van der Waals surface area contributed by atoms with Gasteiger partial charge < -0.3 is 9.67 Å². The maximum absolute atomic E-state index is 12.8. The summed E-state index contributed by atoms with van der Waals surface area (Å²) in [7, 11) is 0. The molecule has 0 radical (unpaired) electrons. The van der Waals surface area contributed by atoms with Crippen molar-refractivity contribution < 1.29 is 5.11 Å². The van der Waals surface area contributed by atoms with E-state index in [-0.39, 0.29) is 54.5 Å². The van der Waals surface area contributed by atoms with Crippen molar-refractivity contribution in [2.45, 2.75) is 236 Å². The highest BCUT2D eigenvalue weighted by Gasteiger charge is 2.32. The number of pyridine rings is 1. The summed E-state index contributed by atoms with van der Waals surface area (Å²) in [4.78, 5) is 11.1. The summed E-state index contributed by atoms with van der Waals surface area (Å²) in [5.41, 5.74) is 23.1. The summed E-state index contributed by atoms with van der Waals surface area (Å²) in [6, 6.07) is 49.2. The number of nitrogens with zero attached hydrogens (tertiary/aromatic N) is 4. The number of hydrogen-bond acceptors (Lipinski definition) is 3. The highest BCUT2D eigenvalue weighted by atomic mass is 16.3. The molecule has 0 aliphatic heterocycles. The lowest BCUT2D eigenvalue weighted by Gasteiger charge is -2.28. The van der Waals surface area contributed by atoms with Gasteiger partial charge >= 0.3 is 0 Å². The van der Waals surface area contributed by atoms with E-state index >= 15 is 0 Å². The van der Waals surface area contributed by atoms with E-state index in [1.165, 1.54) is 72.0 Å². The highest BCUT2D eigenvalue weighted by molar-refractivity contribution is 6.14. The third-order valence-corrected chi connectivity index (χ3v) is 18.6. The second kappa shape index (κ2) is 21.5. The number of fused-ring (bicyclic) bond motifs is 4. The molecule has 3 heterocycles. The van der Waals surface area contributed by atoms with Gasteiger partial charge in [-0.3, -0.25) is 9.55 Å². The topological polar surface area (TPSA) is 55.9 Å². The fraction of sp³-hybridized carbons (Fsp3) is 0.429. The lowest BCUT2D eigenvalue weighted by Crippen LogP contribution is -2.18. The van der Waals surface area contributed by atoms with Crippen molar-refractivity contribution in [3.05, 3.63) is 184 Å². The van der Waals surface area contributed by atoms with Crippen LogP contribution < -0.4 is 0 Å². The van der Waals surface area contributed by atoms with Crippen molar-refractivity contribution in [1.29, 1.82) is 0 Å². The van der Waals surface area contributed by atoms with E-state index in [9.17, 15) is 5.11 Å². The summed E-state index contributed by atoms with van der Waals surface area (Å²) in [6.45, 7) is 62.0. The van der Waals surface area contributed by atoms with Crippen LogP contribution >= 0.6 is 0 Å². The smallest absolute Gasteiger partial charge is 0.149 e. The molecule has 0 fully saturated rings. The number of aromatic nitrogens is 4. The molecule has 7 aromatic carbocycles. The minimum atomic E-state index is -0.340. The molecule has 0 aliphatic carbocycles. The quantitative estimate of drug-likeness (QED) is 0.180. The SMILES string of the molecule is CC(C)(C)c1cc(-c2cc(-c3cc(C(C)(C)C)cc4c5cc(C(C)(C)C)ccc5n(-c5cc(C(C)(C)C)cc(C(C)(C)C)c5)c34)ccn2)cc(-c2cccc3c2nc(-c2cc(C(C)(C)C)cc(C(C)(C)C)c2O)n3-c2cc(C(C)(C)C)cc(C(C)(C)C)c2)c1. The normalized spacial score (nSPS) is 13.6. The Morgan fingerprint density at radius 2 is 0.775 bits per heavy atom. The van der Waals surface area contributed by atoms with E-state index in [1.54, 1.807) is 0 Å². The van der Waals surface area contributed by atoms with Crippen LogP contribution in [0.15, 0.2) is 134 Å². The van der Waals surface area contributed by atoms with Gasteiger partial charge in [0.25, 0.3) is 0 Å². The summed E-state index contributed by atoms with van der Waals surface area (Å²) >= 11 is 0. The first-order valence-corrected chi connectivity index (χ1v) is 32.7. The third-order valence-electron chi connectivity index (χ3n) is 18.6. The van der Waals surface area contributed by atoms with Gasteiger partial charge in [-0.15, -0.1) is 0 Å². The Bertz CT molecular complexity index is 4340. The fourth-order valence-corrected chi connectivity index (χ4v) is 12.5. The Balaban J connectivity index is 1.27. The summed E-state index contributed by atoms with van der Waals surface area (Å²) in [5.74, 6) is 0.979. The van der Waals surface area contributed by atoms with Crippen molar-refractivity contribution in [2.24, 2.45) is 0 Å². The first kappa shape index (κ1) is 64.7. The Morgan fingerprint density at radius 1 is 0.326 bits per heavy atom. The van der Waals surface area contributed by atoms with Crippen LogP contribution in [-0.4, -0.2) is 24.2 Å². The number of phenols is 1. The Hall–Kier alpha value is -7.24. The number of para-hydroxylation sites is 1. The van der Waals surface area contributed by atoms with Gasteiger partial charge in [-0.25, -0.2) is 4.98 Å². The van der Waals surface area contributed by atoms with Crippen LogP contribution in [0.4, 0.5) is 0 Å². The standard InChI is InChI=1S/C84H104N4O/c1-76(2,3)53-31-32-70-65(45-53)66-47-59(82(19,20)21)46-64(73(66)87(70)61-41-55(78(7,8)9)39-56(42-61)79(10,11)12)50-33-34-85-69(38-50)52-35-51(36-54(37-52)77(4,5)6)63-29-28-30-71-72(63)86-75(67-48-60(83(22,23)24)49-68(74(67)89)84(25,26)27)88(71)62-43-57(80(13,14)15)40-58(44-62)81(16,17)18/h28-49,89H,1-27H3. The number of imidazole rings is 1. The van der Waals surface area contributed by atoms with Gasteiger partial charge in [0.15, 0.2) is 0 Å². The number of hydrogen-bond donors (Lipinski definition) is 1. The zero-order valence-corrected chi connectivity index (χ0v) is 59.4. The molecule has 0 aliphatic rings. The van der Waals surface area contributed by atoms with E-state index in [0.717, 1.165) is 61.4 Å². The largest absolute Gasteiger partial charge is 0.507 e. The molecule has 5 nitrogen and oxygen atoms in total. The van der Waals surface area contributed by atoms with Crippen molar-refractivity contribution in [2.75, 3.05) is 0 Å². The van der Waals surface area contributed by atoms with Crippen LogP contribution in [0.25, 0.3) is 89.1 Å².